The molecule has 0 spiro atoms. The molecule has 0 radical (unpaired) electrons. The van der Waals surface area contributed by atoms with Gasteiger partial charge in [-0.3, -0.25) is 9.69 Å². The lowest BCUT2D eigenvalue weighted by atomic mass is 10.1. The topological polar surface area (TPSA) is 48.5 Å². The molecule has 1 amide bonds. The zero-order valence-corrected chi connectivity index (χ0v) is 18.9. The van der Waals surface area contributed by atoms with Crippen LogP contribution in [0.15, 0.2) is 36.4 Å². The van der Waals surface area contributed by atoms with Crippen LogP contribution in [-0.4, -0.2) is 55.1 Å². The highest BCUT2D eigenvalue weighted by Crippen LogP contribution is 2.30. The molecule has 1 saturated heterocycles. The average molecular weight is 423 g/mol. The molecule has 1 fully saturated rings. The molecule has 4 rings (SSSR count). The number of hydrogen-bond acceptors (Lipinski definition) is 5. The molecule has 0 unspecified atom stereocenters. The van der Waals surface area contributed by atoms with Crippen molar-refractivity contribution in [3.05, 3.63) is 58.7 Å². The molecule has 1 aliphatic heterocycles. The summed E-state index contributed by atoms with van der Waals surface area (Å²) in [7, 11) is 0. The predicted molar refractivity (Wildman–Crippen MR) is 126 cm³/mol. The van der Waals surface area contributed by atoms with Gasteiger partial charge in [0.1, 0.15) is 0 Å². The van der Waals surface area contributed by atoms with E-state index in [0.717, 1.165) is 66.5 Å². The smallest absolute Gasteiger partial charge is 0.251 e. The molecule has 1 aliphatic rings. The number of nitrogens with zero attached hydrogens (tertiary/aromatic N) is 3. The minimum Gasteiger partial charge on any atom is -0.351 e. The Morgan fingerprint density at radius 2 is 1.90 bits per heavy atom. The minimum atomic E-state index is 0.0239. The van der Waals surface area contributed by atoms with Crippen LogP contribution in [0.3, 0.4) is 0 Å². The number of carbonyl (C=O) groups excluding carboxylic acids is 1. The van der Waals surface area contributed by atoms with Crippen molar-refractivity contribution in [3.8, 4) is 0 Å². The van der Waals surface area contributed by atoms with Crippen molar-refractivity contribution in [2.75, 3.05) is 44.2 Å². The van der Waals surface area contributed by atoms with Crippen LogP contribution in [0.4, 0.5) is 5.13 Å². The zero-order chi connectivity index (χ0) is 21.1. The molecule has 1 N–H and O–H groups in total. The van der Waals surface area contributed by atoms with E-state index < -0.39 is 0 Å². The fourth-order valence-electron chi connectivity index (χ4n) is 3.88. The Bertz CT molecular complexity index is 1040. The largest absolute Gasteiger partial charge is 0.351 e. The lowest BCUT2D eigenvalue weighted by Gasteiger charge is -2.34. The first kappa shape index (κ1) is 20.8. The van der Waals surface area contributed by atoms with Crippen molar-refractivity contribution in [1.29, 1.82) is 0 Å². The monoisotopic (exact) mass is 422 g/mol. The number of fused-ring (bicyclic) bond motifs is 1. The second kappa shape index (κ2) is 9.14. The Hall–Kier alpha value is -2.44. The first-order chi connectivity index (χ1) is 14.5. The van der Waals surface area contributed by atoms with Crippen LogP contribution in [0.2, 0.25) is 0 Å². The maximum Gasteiger partial charge on any atom is 0.251 e. The quantitative estimate of drug-likeness (QED) is 0.652. The van der Waals surface area contributed by atoms with Gasteiger partial charge in [-0.25, -0.2) is 4.98 Å². The molecule has 2 aromatic carbocycles. The molecular formula is C24H30N4OS. The summed E-state index contributed by atoms with van der Waals surface area (Å²) in [4.78, 5) is 22.1. The first-order valence-corrected chi connectivity index (χ1v) is 11.6. The number of rotatable bonds is 6. The molecule has 2 heterocycles. The Balaban J connectivity index is 1.27. The molecule has 158 valence electrons. The van der Waals surface area contributed by atoms with Crippen LogP contribution >= 0.6 is 11.3 Å². The van der Waals surface area contributed by atoms with Crippen molar-refractivity contribution in [2.45, 2.75) is 27.2 Å². The summed E-state index contributed by atoms with van der Waals surface area (Å²) < 4.78 is 1.28. The van der Waals surface area contributed by atoms with E-state index in [-0.39, 0.29) is 5.91 Å². The maximum absolute atomic E-state index is 12.5. The van der Waals surface area contributed by atoms with Crippen LogP contribution in [0, 0.1) is 13.8 Å². The summed E-state index contributed by atoms with van der Waals surface area (Å²) in [6.07, 6.45) is 1.06. The SMILES string of the molecule is CCc1ccc2nc(N3CCN(CCNC(=O)c4cc(C)ccc4C)CC3)sc2c1. The summed E-state index contributed by atoms with van der Waals surface area (Å²) >= 11 is 1.80. The number of nitrogens with one attached hydrogen (secondary N) is 1. The summed E-state index contributed by atoms with van der Waals surface area (Å²) in [6.45, 7) is 11.7. The number of thiazole rings is 1. The van der Waals surface area contributed by atoms with Gasteiger partial charge in [0.05, 0.1) is 10.2 Å². The van der Waals surface area contributed by atoms with E-state index in [1.165, 1.54) is 10.3 Å². The third-order valence-electron chi connectivity index (χ3n) is 5.84. The fourth-order valence-corrected chi connectivity index (χ4v) is 4.96. The second-order valence-corrected chi connectivity index (χ2v) is 9.06. The second-order valence-electron chi connectivity index (χ2n) is 8.06. The Labute approximate surface area is 182 Å². The number of hydrogen-bond donors (Lipinski definition) is 1. The molecule has 30 heavy (non-hydrogen) atoms. The number of piperazine rings is 1. The highest BCUT2D eigenvalue weighted by atomic mass is 32.1. The molecule has 0 bridgehead atoms. The summed E-state index contributed by atoms with van der Waals surface area (Å²) in [5, 5.41) is 4.21. The van der Waals surface area contributed by atoms with E-state index in [0.29, 0.717) is 6.54 Å². The van der Waals surface area contributed by atoms with E-state index in [1.807, 2.05) is 32.0 Å². The zero-order valence-electron chi connectivity index (χ0n) is 18.1. The lowest BCUT2D eigenvalue weighted by Crippen LogP contribution is -2.48. The van der Waals surface area contributed by atoms with Crippen molar-refractivity contribution < 1.29 is 4.79 Å². The van der Waals surface area contributed by atoms with Crippen LogP contribution < -0.4 is 10.2 Å². The number of benzene rings is 2. The van der Waals surface area contributed by atoms with Gasteiger partial charge in [-0.05, 0) is 49.6 Å². The molecule has 0 aliphatic carbocycles. The summed E-state index contributed by atoms with van der Waals surface area (Å²) in [5.41, 5.74) is 5.38. The number of anilines is 1. The van der Waals surface area contributed by atoms with Gasteiger partial charge in [0, 0.05) is 44.8 Å². The van der Waals surface area contributed by atoms with E-state index in [4.69, 9.17) is 4.98 Å². The Morgan fingerprint density at radius 1 is 1.10 bits per heavy atom. The van der Waals surface area contributed by atoms with Crippen LogP contribution in [0.25, 0.3) is 10.2 Å². The van der Waals surface area contributed by atoms with Gasteiger partial charge < -0.3 is 10.2 Å². The van der Waals surface area contributed by atoms with E-state index in [9.17, 15) is 4.79 Å². The third kappa shape index (κ3) is 4.65. The fraction of sp³-hybridized carbons (Fsp3) is 0.417. The van der Waals surface area contributed by atoms with Gasteiger partial charge in [-0.15, -0.1) is 0 Å². The number of carbonyl (C=O) groups is 1. The van der Waals surface area contributed by atoms with E-state index >= 15 is 0 Å². The summed E-state index contributed by atoms with van der Waals surface area (Å²) in [6, 6.07) is 12.6. The van der Waals surface area contributed by atoms with Gasteiger partial charge in [-0.2, -0.15) is 0 Å². The lowest BCUT2D eigenvalue weighted by molar-refractivity contribution is 0.0947. The van der Waals surface area contributed by atoms with Gasteiger partial charge in [0.15, 0.2) is 5.13 Å². The molecule has 0 saturated carbocycles. The van der Waals surface area contributed by atoms with Crippen molar-refractivity contribution in [1.82, 2.24) is 15.2 Å². The molecule has 0 atom stereocenters. The third-order valence-corrected chi connectivity index (χ3v) is 6.92. The number of amides is 1. The van der Waals surface area contributed by atoms with Gasteiger partial charge in [0.25, 0.3) is 5.91 Å². The van der Waals surface area contributed by atoms with Crippen LogP contribution in [0.5, 0.6) is 0 Å². The average Bonchev–Trinajstić information content (AvgIpc) is 3.19. The van der Waals surface area contributed by atoms with E-state index in [2.05, 4.69) is 40.2 Å². The standard InChI is InChI=1S/C24H30N4OS/c1-4-19-7-8-21-22(16-19)30-24(26-21)28-13-11-27(12-14-28)10-9-25-23(29)20-15-17(2)5-6-18(20)3/h5-8,15-16H,4,9-14H2,1-3H3,(H,25,29). The molecule has 1 aromatic heterocycles. The maximum atomic E-state index is 12.5. The van der Waals surface area contributed by atoms with Crippen molar-refractivity contribution in [2.24, 2.45) is 0 Å². The van der Waals surface area contributed by atoms with Gasteiger partial charge >= 0.3 is 0 Å². The molecule has 5 nitrogen and oxygen atoms in total. The highest BCUT2D eigenvalue weighted by Gasteiger charge is 2.20. The minimum absolute atomic E-state index is 0.0239. The highest BCUT2D eigenvalue weighted by molar-refractivity contribution is 7.22. The van der Waals surface area contributed by atoms with Crippen molar-refractivity contribution in [3.63, 3.8) is 0 Å². The van der Waals surface area contributed by atoms with E-state index in [1.54, 1.807) is 11.3 Å². The van der Waals surface area contributed by atoms with Crippen LogP contribution in [-0.2, 0) is 6.42 Å². The molecular weight excluding hydrogens is 392 g/mol. The number of aromatic nitrogens is 1. The normalized spacial score (nSPS) is 15.0. The Morgan fingerprint density at radius 3 is 2.67 bits per heavy atom. The number of aryl methyl sites for hydroxylation is 3. The van der Waals surface area contributed by atoms with Crippen LogP contribution in [0.1, 0.15) is 34.0 Å². The Kier molecular flexibility index (Phi) is 6.35. The summed E-state index contributed by atoms with van der Waals surface area (Å²) in [5.74, 6) is 0.0239. The molecule has 6 heteroatoms. The van der Waals surface area contributed by atoms with Gasteiger partial charge in [-0.1, -0.05) is 42.0 Å². The predicted octanol–water partition coefficient (Wildman–Crippen LogP) is 4.03. The van der Waals surface area contributed by atoms with Crippen molar-refractivity contribution >= 4 is 32.6 Å². The van der Waals surface area contributed by atoms with Gasteiger partial charge in [0.2, 0.25) is 0 Å². The first-order valence-electron chi connectivity index (χ1n) is 10.8. The molecule has 3 aromatic rings.